The first-order valence-electron chi connectivity index (χ1n) is 5.96. The molecule has 0 saturated carbocycles. The van der Waals surface area contributed by atoms with E-state index in [9.17, 15) is 18.5 Å². The fourth-order valence-corrected chi connectivity index (χ4v) is 3.46. The van der Waals surface area contributed by atoms with Crippen LogP contribution in [0.4, 0.5) is 11.4 Å². The van der Waals surface area contributed by atoms with E-state index in [1.54, 1.807) is 18.2 Å². The van der Waals surface area contributed by atoms with E-state index in [4.69, 9.17) is 0 Å². The zero-order valence-corrected chi connectivity index (χ0v) is 12.5. The van der Waals surface area contributed by atoms with E-state index in [1.165, 1.54) is 12.1 Å². The molecule has 0 aliphatic carbocycles. The number of nitro benzene ring substituents is 1. The van der Waals surface area contributed by atoms with Crippen LogP contribution < -0.4 is 4.72 Å². The van der Waals surface area contributed by atoms with Crippen LogP contribution in [-0.4, -0.2) is 22.1 Å². The molecule has 0 radical (unpaired) electrons. The van der Waals surface area contributed by atoms with Crippen LogP contribution in [-0.2, 0) is 10.0 Å². The van der Waals surface area contributed by atoms with Crippen molar-refractivity contribution in [2.45, 2.75) is 4.90 Å². The van der Waals surface area contributed by atoms with Gasteiger partial charge in [-0.3, -0.25) is 14.8 Å². The van der Waals surface area contributed by atoms with Gasteiger partial charge >= 0.3 is 0 Å². The van der Waals surface area contributed by atoms with Crippen LogP contribution in [0.25, 0.3) is 11.0 Å². The standard InChI is InChI=1S/C12H8N4O4S2/c17-16(18)8-4-6-9(7-5-8)22(19,20)15-11-3-1-2-10-12(11)14-21-13-10/h1-7,15H. The number of sulfonamides is 1. The maximum absolute atomic E-state index is 12.3. The second-order valence-corrected chi connectivity index (χ2v) is 6.50. The number of rotatable bonds is 4. The van der Waals surface area contributed by atoms with Crippen LogP contribution >= 0.6 is 11.7 Å². The first-order chi connectivity index (χ1) is 10.5. The molecule has 0 atom stereocenters. The summed E-state index contributed by atoms with van der Waals surface area (Å²) in [6.07, 6.45) is 0. The molecule has 0 spiro atoms. The van der Waals surface area contributed by atoms with Crippen molar-refractivity contribution in [1.82, 2.24) is 8.75 Å². The quantitative estimate of drug-likeness (QED) is 0.578. The van der Waals surface area contributed by atoms with E-state index in [2.05, 4.69) is 13.5 Å². The van der Waals surface area contributed by atoms with E-state index >= 15 is 0 Å². The van der Waals surface area contributed by atoms with Crippen molar-refractivity contribution in [3.8, 4) is 0 Å². The van der Waals surface area contributed by atoms with Crippen molar-refractivity contribution in [2.75, 3.05) is 4.72 Å². The predicted molar refractivity (Wildman–Crippen MR) is 81.3 cm³/mol. The van der Waals surface area contributed by atoms with Gasteiger partial charge in [0.1, 0.15) is 11.0 Å². The summed E-state index contributed by atoms with van der Waals surface area (Å²) < 4.78 is 35.1. The molecule has 0 bridgehead atoms. The lowest BCUT2D eigenvalue weighted by Gasteiger charge is -2.08. The first-order valence-corrected chi connectivity index (χ1v) is 8.17. The van der Waals surface area contributed by atoms with Crippen LogP contribution in [0.3, 0.4) is 0 Å². The fourth-order valence-electron chi connectivity index (χ4n) is 1.84. The third kappa shape index (κ3) is 2.61. The van der Waals surface area contributed by atoms with Gasteiger partial charge < -0.3 is 0 Å². The number of fused-ring (bicyclic) bond motifs is 1. The molecule has 2 aromatic carbocycles. The summed E-state index contributed by atoms with van der Waals surface area (Å²) in [4.78, 5) is 9.93. The minimum absolute atomic E-state index is 0.0710. The van der Waals surface area contributed by atoms with Gasteiger partial charge in [0, 0.05) is 12.1 Å². The zero-order chi connectivity index (χ0) is 15.7. The van der Waals surface area contributed by atoms with Gasteiger partial charge in [-0.15, -0.1) is 0 Å². The van der Waals surface area contributed by atoms with E-state index in [-0.39, 0.29) is 10.6 Å². The van der Waals surface area contributed by atoms with Gasteiger partial charge in [0.25, 0.3) is 15.7 Å². The maximum Gasteiger partial charge on any atom is 0.269 e. The molecule has 10 heteroatoms. The van der Waals surface area contributed by atoms with Gasteiger partial charge in [-0.1, -0.05) is 6.07 Å². The normalized spacial score (nSPS) is 11.5. The molecular formula is C12H8N4O4S2. The topological polar surface area (TPSA) is 115 Å². The Balaban J connectivity index is 1.96. The molecule has 1 aromatic heterocycles. The summed E-state index contributed by atoms with van der Waals surface area (Å²) in [5, 5.41) is 10.6. The highest BCUT2D eigenvalue weighted by atomic mass is 32.2. The highest BCUT2D eigenvalue weighted by molar-refractivity contribution is 7.92. The number of nitro groups is 1. The molecule has 1 heterocycles. The molecule has 0 saturated heterocycles. The largest absolute Gasteiger partial charge is 0.277 e. The first kappa shape index (κ1) is 14.4. The lowest BCUT2D eigenvalue weighted by atomic mass is 10.3. The molecule has 1 N–H and O–H groups in total. The predicted octanol–water partition coefficient (Wildman–Crippen LogP) is 2.40. The minimum Gasteiger partial charge on any atom is -0.277 e. The molecule has 22 heavy (non-hydrogen) atoms. The molecule has 0 amide bonds. The second-order valence-electron chi connectivity index (χ2n) is 4.29. The number of benzene rings is 2. The van der Waals surface area contributed by atoms with Gasteiger partial charge in [0.2, 0.25) is 0 Å². The summed E-state index contributed by atoms with van der Waals surface area (Å²) in [6.45, 7) is 0. The lowest BCUT2D eigenvalue weighted by Crippen LogP contribution is -2.13. The number of non-ortho nitro benzene ring substituents is 1. The Bertz CT molecular complexity index is 951. The van der Waals surface area contributed by atoms with E-state index in [0.717, 1.165) is 23.9 Å². The number of aromatic nitrogens is 2. The smallest absolute Gasteiger partial charge is 0.269 e. The highest BCUT2D eigenvalue weighted by Crippen LogP contribution is 2.24. The number of nitrogens with one attached hydrogen (secondary N) is 1. The van der Waals surface area contributed by atoms with Crippen molar-refractivity contribution in [1.29, 1.82) is 0 Å². The van der Waals surface area contributed by atoms with Crippen LogP contribution in [0.5, 0.6) is 0 Å². The third-order valence-corrected chi connectivity index (χ3v) is 4.81. The van der Waals surface area contributed by atoms with Crippen LogP contribution in [0.15, 0.2) is 47.4 Å². The Labute approximate surface area is 128 Å². The Morgan fingerprint density at radius 1 is 1.09 bits per heavy atom. The van der Waals surface area contributed by atoms with E-state index < -0.39 is 14.9 Å². The molecule has 0 fully saturated rings. The Morgan fingerprint density at radius 3 is 2.50 bits per heavy atom. The average Bonchev–Trinajstić information content (AvgIpc) is 2.96. The molecule has 0 aliphatic rings. The minimum atomic E-state index is -3.86. The van der Waals surface area contributed by atoms with Crippen LogP contribution in [0.2, 0.25) is 0 Å². The van der Waals surface area contributed by atoms with E-state index in [1.807, 2.05) is 0 Å². The van der Waals surface area contributed by atoms with Gasteiger partial charge in [-0.05, 0) is 24.3 Å². The van der Waals surface area contributed by atoms with Crippen molar-refractivity contribution in [2.24, 2.45) is 0 Å². The monoisotopic (exact) mass is 336 g/mol. The number of hydrogen-bond donors (Lipinski definition) is 1. The van der Waals surface area contributed by atoms with E-state index in [0.29, 0.717) is 16.7 Å². The number of hydrogen-bond acceptors (Lipinski definition) is 7. The van der Waals surface area contributed by atoms with Gasteiger partial charge in [-0.25, -0.2) is 8.42 Å². The summed E-state index contributed by atoms with van der Waals surface area (Å²) in [6, 6.07) is 9.60. The summed E-state index contributed by atoms with van der Waals surface area (Å²) in [5.41, 5.74) is 1.18. The SMILES string of the molecule is O=[N+]([O-])c1ccc(S(=O)(=O)Nc2cccc3nsnc23)cc1. The van der Waals surface area contributed by atoms with Crippen LogP contribution in [0, 0.1) is 10.1 Å². The Kier molecular flexibility index (Phi) is 3.47. The molecule has 0 aliphatic heterocycles. The van der Waals surface area contributed by atoms with Crippen molar-refractivity contribution >= 4 is 44.2 Å². The third-order valence-electron chi connectivity index (χ3n) is 2.89. The summed E-state index contributed by atoms with van der Waals surface area (Å²) in [5.74, 6) is 0. The fraction of sp³-hybridized carbons (Fsp3) is 0. The van der Waals surface area contributed by atoms with Gasteiger partial charge in [-0.2, -0.15) is 8.75 Å². The molecule has 3 aromatic rings. The van der Waals surface area contributed by atoms with Gasteiger partial charge in [0.15, 0.2) is 0 Å². The van der Waals surface area contributed by atoms with Crippen molar-refractivity contribution in [3.63, 3.8) is 0 Å². The maximum atomic E-state index is 12.3. The summed E-state index contributed by atoms with van der Waals surface area (Å²) >= 11 is 0.984. The van der Waals surface area contributed by atoms with Gasteiger partial charge in [0.05, 0.1) is 27.2 Å². The molecule has 8 nitrogen and oxygen atoms in total. The van der Waals surface area contributed by atoms with Crippen LogP contribution in [0.1, 0.15) is 0 Å². The molecular weight excluding hydrogens is 328 g/mol. The molecule has 112 valence electrons. The lowest BCUT2D eigenvalue weighted by molar-refractivity contribution is -0.384. The second kappa shape index (κ2) is 5.31. The number of anilines is 1. The Hall–Kier alpha value is -2.59. The summed E-state index contributed by atoms with van der Waals surface area (Å²) in [7, 11) is -3.86. The molecule has 3 rings (SSSR count). The highest BCUT2D eigenvalue weighted by Gasteiger charge is 2.18. The number of nitrogens with zero attached hydrogens (tertiary/aromatic N) is 3. The molecule has 0 unspecified atom stereocenters. The zero-order valence-electron chi connectivity index (χ0n) is 10.8. The average molecular weight is 336 g/mol. The van der Waals surface area contributed by atoms with Crippen molar-refractivity contribution < 1.29 is 13.3 Å². The van der Waals surface area contributed by atoms with Crippen molar-refractivity contribution in [3.05, 3.63) is 52.6 Å². The Morgan fingerprint density at radius 2 is 1.82 bits per heavy atom.